The molecule has 0 fully saturated rings. The number of benzene rings is 1. The Morgan fingerprint density at radius 1 is 1.45 bits per heavy atom. The lowest BCUT2D eigenvalue weighted by molar-refractivity contribution is -0.384. The number of nitrogens with one attached hydrogen (secondary N) is 1. The molecule has 8 nitrogen and oxygen atoms in total. The first-order valence-electron chi connectivity index (χ1n) is 5.40. The molecule has 0 atom stereocenters. The Morgan fingerprint density at radius 2 is 2.10 bits per heavy atom. The highest BCUT2D eigenvalue weighted by Crippen LogP contribution is 2.29. The van der Waals surface area contributed by atoms with E-state index in [-0.39, 0.29) is 22.7 Å². The van der Waals surface area contributed by atoms with Crippen LogP contribution in [0.2, 0.25) is 0 Å². The standard InChI is InChI=1S/C12H12N2O6/c1-7(5-11(15)16)12(17)13-9-6-8(14(18)19)3-4-10(9)20-2/h3-6H,1-2H3,(H,13,17)(H,15,16)/b7-5-. The summed E-state index contributed by atoms with van der Waals surface area (Å²) in [5.41, 5.74) is -0.183. The fraction of sp³-hybridized carbons (Fsp3) is 0.167. The largest absolute Gasteiger partial charge is 0.495 e. The van der Waals surface area contributed by atoms with E-state index in [1.807, 2.05) is 0 Å². The molecule has 8 heteroatoms. The number of nitro groups is 1. The van der Waals surface area contributed by atoms with Crippen molar-refractivity contribution in [3.05, 3.63) is 40.0 Å². The van der Waals surface area contributed by atoms with Crippen molar-refractivity contribution in [3.63, 3.8) is 0 Å². The second-order valence-corrected chi connectivity index (χ2v) is 3.76. The summed E-state index contributed by atoms with van der Waals surface area (Å²) >= 11 is 0. The Labute approximate surface area is 113 Å². The monoisotopic (exact) mass is 280 g/mol. The molecule has 0 unspecified atom stereocenters. The van der Waals surface area contributed by atoms with Gasteiger partial charge >= 0.3 is 5.97 Å². The SMILES string of the molecule is COc1ccc([N+](=O)[O-])cc1NC(=O)/C(C)=C\C(=O)O. The number of amides is 1. The molecule has 0 aliphatic heterocycles. The van der Waals surface area contributed by atoms with Crippen molar-refractivity contribution in [2.75, 3.05) is 12.4 Å². The van der Waals surface area contributed by atoms with Gasteiger partial charge in [0.2, 0.25) is 0 Å². The third-order valence-electron chi connectivity index (χ3n) is 2.34. The van der Waals surface area contributed by atoms with Gasteiger partial charge in [0.05, 0.1) is 17.7 Å². The molecule has 1 aromatic carbocycles. The van der Waals surface area contributed by atoms with Crippen molar-refractivity contribution in [1.29, 1.82) is 0 Å². The van der Waals surface area contributed by atoms with Gasteiger partial charge < -0.3 is 15.2 Å². The van der Waals surface area contributed by atoms with Crippen LogP contribution in [-0.2, 0) is 9.59 Å². The van der Waals surface area contributed by atoms with E-state index >= 15 is 0 Å². The molecule has 0 radical (unpaired) electrons. The summed E-state index contributed by atoms with van der Waals surface area (Å²) in [5.74, 6) is -1.72. The van der Waals surface area contributed by atoms with Crippen LogP contribution in [0.4, 0.5) is 11.4 Å². The number of ether oxygens (including phenoxy) is 1. The molecule has 0 aliphatic carbocycles. The van der Waals surface area contributed by atoms with E-state index in [9.17, 15) is 19.7 Å². The highest BCUT2D eigenvalue weighted by Gasteiger charge is 2.14. The van der Waals surface area contributed by atoms with E-state index in [0.29, 0.717) is 0 Å². The van der Waals surface area contributed by atoms with E-state index in [0.717, 1.165) is 12.1 Å². The van der Waals surface area contributed by atoms with E-state index < -0.39 is 16.8 Å². The molecule has 0 aromatic heterocycles. The molecule has 0 bridgehead atoms. The van der Waals surface area contributed by atoms with Crippen LogP contribution in [0, 0.1) is 10.1 Å². The Kier molecular flexibility index (Phi) is 4.79. The number of anilines is 1. The van der Waals surface area contributed by atoms with Crippen molar-refractivity contribution >= 4 is 23.3 Å². The predicted molar refractivity (Wildman–Crippen MR) is 69.7 cm³/mol. The maximum atomic E-state index is 11.7. The lowest BCUT2D eigenvalue weighted by Gasteiger charge is -2.09. The summed E-state index contributed by atoms with van der Waals surface area (Å²) < 4.78 is 4.97. The first kappa shape index (κ1) is 15.2. The van der Waals surface area contributed by atoms with Gasteiger partial charge in [-0.25, -0.2) is 4.79 Å². The normalized spacial score (nSPS) is 10.8. The minimum atomic E-state index is -1.26. The fourth-order valence-electron chi connectivity index (χ4n) is 1.38. The predicted octanol–water partition coefficient (Wildman–Crippen LogP) is 1.57. The van der Waals surface area contributed by atoms with Gasteiger partial charge in [0, 0.05) is 23.8 Å². The van der Waals surface area contributed by atoms with Gasteiger partial charge in [0.25, 0.3) is 11.6 Å². The number of nitro benzene ring substituents is 1. The quantitative estimate of drug-likeness (QED) is 0.480. The molecule has 0 aliphatic rings. The van der Waals surface area contributed by atoms with Crippen LogP contribution in [0.25, 0.3) is 0 Å². The van der Waals surface area contributed by atoms with E-state index in [1.165, 1.54) is 26.2 Å². The molecule has 0 spiro atoms. The molecule has 2 N–H and O–H groups in total. The zero-order chi connectivity index (χ0) is 15.3. The number of hydrogen-bond acceptors (Lipinski definition) is 5. The highest BCUT2D eigenvalue weighted by atomic mass is 16.6. The summed E-state index contributed by atoms with van der Waals surface area (Å²) in [6.07, 6.45) is 0.735. The number of hydrogen-bond donors (Lipinski definition) is 2. The number of rotatable bonds is 5. The smallest absolute Gasteiger partial charge is 0.328 e. The maximum absolute atomic E-state index is 11.7. The van der Waals surface area contributed by atoms with Crippen molar-refractivity contribution in [2.24, 2.45) is 0 Å². The number of carbonyl (C=O) groups is 2. The zero-order valence-electron chi connectivity index (χ0n) is 10.7. The second-order valence-electron chi connectivity index (χ2n) is 3.76. The van der Waals surface area contributed by atoms with Crippen LogP contribution < -0.4 is 10.1 Å². The van der Waals surface area contributed by atoms with Crippen molar-refractivity contribution in [1.82, 2.24) is 0 Å². The van der Waals surface area contributed by atoms with Crippen molar-refractivity contribution in [3.8, 4) is 5.75 Å². The molecule has 1 amide bonds. The Balaban J connectivity index is 3.07. The average molecular weight is 280 g/mol. The maximum Gasteiger partial charge on any atom is 0.328 e. The molecular weight excluding hydrogens is 268 g/mol. The Morgan fingerprint density at radius 3 is 2.60 bits per heavy atom. The van der Waals surface area contributed by atoms with Gasteiger partial charge in [-0.15, -0.1) is 0 Å². The number of carboxylic acids is 1. The highest BCUT2D eigenvalue weighted by molar-refractivity contribution is 6.07. The van der Waals surface area contributed by atoms with Crippen LogP contribution in [-0.4, -0.2) is 29.0 Å². The first-order chi connectivity index (χ1) is 9.35. The van der Waals surface area contributed by atoms with E-state index in [4.69, 9.17) is 9.84 Å². The number of aliphatic carboxylic acids is 1. The van der Waals surface area contributed by atoms with Crippen molar-refractivity contribution < 1.29 is 24.4 Å². The minimum absolute atomic E-state index is 0.0499. The summed E-state index contributed by atoms with van der Waals surface area (Å²) in [6.45, 7) is 1.31. The van der Waals surface area contributed by atoms with Crippen LogP contribution in [0.5, 0.6) is 5.75 Å². The van der Waals surface area contributed by atoms with Gasteiger partial charge in [-0.1, -0.05) is 0 Å². The van der Waals surface area contributed by atoms with Crippen LogP contribution in [0.15, 0.2) is 29.8 Å². The molecule has 0 saturated carbocycles. The van der Waals surface area contributed by atoms with Gasteiger partial charge in [-0.3, -0.25) is 14.9 Å². The Bertz CT molecular complexity index is 594. The van der Waals surface area contributed by atoms with Gasteiger partial charge in [0.1, 0.15) is 5.75 Å². The summed E-state index contributed by atoms with van der Waals surface area (Å²) in [4.78, 5) is 32.3. The number of methoxy groups -OCH3 is 1. The zero-order valence-corrected chi connectivity index (χ0v) is 10.7. The number of carbonyl (C=O) groups excluding carboxylic acids is 1. The molecule has 0 saturated heterocycles. The molecule has 1 aromatic rings. The average Bonchev–Trinajstić information content (AvgIpc) is 2.37. The minimum Gasteiger partial charge on any atom is -0.495 e. The molecule has 20 heavy (non-hydrogen) atoms. The third-order valence-corrected chi connectivity index (χ3v) is 2.34. The van der Waals surface area contributed by atoms with Gasteiger partial charge in [0.15, 0.2) is 0 Å². The first-order valence-corrected chi connectivity index (χ1v) is 5.40. The number of carboxylic acid groups (broad SMARTS) is 1. The van der Waals surface area contributed by atoms with Crippen LogP contribution >= 0.6 is 0 Å². The van der Waals surface area contributed by atoms with E-state index in [2.05, 4.69) is 5.32 Å². The molecule has 1 rings (SSSR count). The fourth-order valence-corrected chi connectivity index (χ4v) is 1.38. The summed E-state index contributed by atoms with van der Waals surface area (Å²) in [7, 11) is 1.34. The van der Waals surface area contributed by atoms with Gasteiger partial charge in [-0.2, -0.15) is 0 Å². The molecule has 0 heterocycles. The Hall–Kier alpha value is -2.90. The lowest BCUT2D eigenvalue weighted by Crippen LogP contribution is -2.14. The lowest BCUT2D eigenvalue weighted by atomic mass is 10.2. The van der Waals surface area contributed by atoms with Crippen LogP contribution in [0.1, 0.15) is 6.92 Å². The van der Waals surface area contributed by atoms with E-state index in [1.54, 1.807) is 0 Å². The van der Waals surface area contributed by atoms with Gasteiger partial charge in [-0.05, 0) is 13.0 Å². The number of nitrogens with zero attached hydrogens (tertiary/aromatic N) is 1. The third kappa shape index (κ3) is 3.80. The summed E-state index contributed by atoms with van der Waals surface area (Å²) in [6, 6.07) is 3.70. The molecule has 106 valence electrons. The molecular formula is C12H12N2O6. The summed E-state index contributed by atoms with van der Waals surface area (Å²) in [5, 5.41) is 21.6. The van der Waals surface area contributed by atoms with Crippen LogP contribution in [0.3, 0.4) is 0 Å². The topological polar surface area (TPSA) is 119 Å². The second kappa shape index (κ2) is 6.32. The van der Waals surface area contributed by atoms with Crippen molar-refractivity contribution in [2.45, 2.75) is 6.92 Å². The number of non-ortho nitro benzene ring substituents is 1.